The van der Waals surface area contributed by atoms with E-state index in [0.717, 1.165) is 19.6 Å². The molecular formula is C14H27N3. The van der Waals surface area contributed by atoms with Crippen molar-refractivity contribution in [1.29, 1.82) is 0 Å². The molecule has 0 unspecified atom stereocenters. The smallest absolute Gasteiger partial charge is 0.0948 e. The van der Waals surface area contributed by atoms with E-state index in [-0.39, 0.29) is 0 Å². The quantitative estimate of drug-likeness (QED) is 0.632. The van der Waals surface area contributed by atoms with E-state index in [4.69, 9.17) is 0 Å². The summed E-state index contributed by atoms with van der Waals surface area (Å²) in [5, 5.41) is 3.49. The van der Waals surface area contributed by atoms with E-state index in [1.54, 1.807) is 0 Å². The second kappa shape index (κ2) is 9.23. The molecular weight excluding hydrogens is 210 g/mol. The van der Waals surface area contributed by atoms with Crippen molar-refractivity contribution in [3.63, 3.8) is 0 Å². The second-order valence-electron chi connectivity index (χ2n) is 4.62. The molecule has 0 saturated heterocycles. The molecule has 0 amide bonds. The van der Waals surface area contributed by atoms with Gasteiger partial charge in [0.1, 0.15) is 0 Å². The van der Waals surface area contributed by atoms with Crippen LogP contribution in [0.15, 0.2) is 12.5 Å². The lowest BCUT2D eigenvalue weighted by atomic mass is 10.1. The maximum atomic E-state index is 4.16. The number of rotatable bonds is 10. The van der Waals surface area contributed by atoms with Crippen LogP contribution in [0.4, 0.5) is 0 Å². The van der Waals surface area contributed by atoms with E-state index in [2.05, 4.69) is 28.7 Å². The van der Waals surface area contributed by atoms with Crippen molar-refractivity contribution in [1.82, 2.24) is 14.9 Å². The third-order valence-electron chi connectivity index (χ3n) is 3.15. The Balaban J connectivity index is 1.97. The van der Waals surface area contributed by atoms with E-state index in [1.165, 1.54) is 44.2 Å². The Kier molecular flexibility index (Phi) is 7.72. The van der Waals surface area contributed by atoms with Gasteiger partial charge in [-0.05, 0) is 19.9 Å². The highest BCUT2D eigenvalue weighted by molar-refractivity contribution is 4.97. The van der Waals surface area contributed by atoms with Crippen molar-refractivity contribution in [3.05, 3.63) is 18.2 Å². The van der Waals surface area contributed by atoms with Crippen LogP contribution in [0.25, 0.3) is 0 Å². The number of nitrogens with zero attached hydrogens (tertiary/aromatic N) is 2. The Labute approximate surface area is 106 Å². The monoisotopic (exact) mass is 237 g/mol. The number of hydrogen-bond acceptors (Lipinski definition) is 2. The van der Waals surface area contributed by atoms with Crippen LogP contribution in [-0.4, -0.2) is 16.1 Å². The molecule has 98 valence electrons. The first-order valence-corrected chi connectivity index (χ1v) is 7.08. The number of nitrogens with one attached hydrogen (secondary N) is 1. The maximum Gasteiger partial charge on any atom is 0.0948 e. The molecule has 1 N–H and O–H groups in total. The summed E-state index contributed by atoms with van der Waals surface area (Å²) in [6.07, 6.45) is 12.0. The summed E-state index contributed by atoms with van der Waals surface area (Å²) in [6, 6.07) is 0. The van der Waals surface area contributed by atoms with Gasteiger partial charge in [-0.3, -0.25) is 0 Å². The summed E-state index contributed by atoms with van der Waals surface area (Å²) >= 11 is 0. The molecule has 0 aromatic carbocycles. The number of aryl methyl sites for hydroxylation is 1. The summed E-state index contributed by atoms with van der Waals surface area (Å²) in [5.41, 5.74) is 1.29. The van der Waals surface area contributed by atoms with E-state index in [1.807, 2.05) is 12.5 Å². The van der Waals surface area contributed by atoms with Crippen LogP contribution in [0.3, 0.4) is 0 Å². The predicted molar refractivity (Wildman–Crippen MR) is 73.0 cm³/mol. The lowest BCUT2D eigenvalue weighted by Crippen LogP contribution is -2.17. The normalized spacial score (nSPS) is 10.9. The highest BCUT2D eigenvalue weighted by atomic mass is 15.1. The molecule has 17 heavy (non-hydrogen) atoms. The molecule has 1 heterocycles. The van der Waals surface area contributed by atoms with Gasteiger partial charge in [-0.1, -0.05) is 39.0 Å². The number of unbranched alkanes of at least 4 members (excludes halogenated alkanes) is 5. The van der Waals surface area contributed by atoms with Crippen LogP contribution in [0.5, 0.6) is 0 Å². The van der Waals surface area contributed by atoms with Crippen molar-refractivity contribution in [2.45, 2.75) is 65.5 Å². The average molecular weight is 237 g/mol. The van der Waals surface area contributed by atoms with Gasteiger partial charge in [-0.25, -0.2) is 4.98 Å². The maximum absolute atomic E-state index is 4.16. The molecule has 1 aromatic heterocycles. The van der Waals surface area contributed by atoms with Crippen molar-refractivity contribution >= 4 is 0 Å². The Morgan fingerprint density at radius 1 is 1.12 bits per heavy atom. The zero-order valence-corrected chi connectivity index (χ0v) is 11.4. The summed E-state index contributed by atoms with van der Waals surface area (Å²) in [6.45, 7) is 7.50. The van der Waals surface area contributed by atoms with Gasteiger partial charge in [0, 0.05) is 19.3 Å². The van der Waals surface area contributed by atoms with Crippen LogP contribution in [0.2, 0.25) is 0 Å². The fourth-order valence-electron chi connectivity index (χ4n) is 2.03. The minimum Gasteiger partial charge on any atom is -0.334 e. The predicted octanol–water partition coefficient (Wildman–Crippen LogP) is 3.35. The van der Waals surface area contributed by atoms with E-state index in [9.17, 15) is 0 Å². The fraction of sp³-hybridized carbons (Fsp3) is 0.786. The third-order valence-corrected chi connectivity index (χ3v) is 3.15. The summed E-state index contributed by atoms with van der Waals surface area (Å²) in [5.74, 6) is 0. The molecule has 0 atom stereocenters. The van der Waals surface area contributed by atoms with Crippen molar-refractivity contribution in [3.8, 4) is 0 Å². The first kappa shape index (κ1) is 14.2. The van der Waals surface area contributed by atoms with Gasteiger partial charge in [0.15, 0.2) is 0 Å². The van der Waals surface area contributed by atoms with E-state index >= 15 is 0 Å². The van der Waals surface area contributed by atoms with Crippen molar-refractivity contribution in [2.75, 3.05) is 6.54 Å². The Morgan fingerprint density at radius 2 is 1.88 bits per heavy atom. The zero-order valence-electron chi connectivity index (χ0n) is 11.4. The Bertz CT molecular complexity index is 281. The number of aromatic nitrogens is 2. The molecule has 0 spiro atoms. The lowest BCUT2D eigenvalue weighted by molar-refractivity contribution is 0.560. The van der Waals surface area contributed by atoms with Gasteiger partial charge in [0.25, 0.3) is 0 Å². The largest absolute Gasteiger partial charge is 0.334 e. The molecule has 0 fully saturated rings. The van der Waals surface area contributed by atoms with Gasteiger partial charge < -0.3 is 9.88 Å². The van der Waals surface area contributed by atoms with E-state index < -0.39 is 0 Å². The minimum atomic E-state index is 0.947. The minimum absolute atomic E-state index is 0.947. The second-order valence-corrected chi connectivity index (χ2v) is 4.62. The topological polar surface area (TPSA) is 29.9 Å². The van der Waals surface area contributed by atoms with Gasteiger partial charge in [0.05, 0.1) is 12.0 Å². The Hall–Kier alpha value is -0.830. The molecule has 3 heteroatoms. The molecule has 0 aliphatic heterocycles. The van der Waals surface area contributed by atoms with Crippen LogP contribution in [0, 0.1) is 0 Å². The molecule has 3 nitrogen and oxygen atoms in total. The van der Waals surface area contributed by atoms with Gasteiger partial charge in [-0.2, -0.15) is 0 Å². The summed E-state index contributed by atoms with van der Waals surface area (Å²) in [7, 11) is 0. The molecule has 0 radical (unpaired) electrons. The molecule has 0 aliphatic carbocycles. The zero-order chi connectivity index (χ0) is 12.3. The van der Waals surface area contributed by atoms with Crippen molar-refractivity contribution < 1.29 is 0 Å². The SMILES string of the molecule is CCCCCCCCNCc1cncn1CC. The molecule has 1 rings (SSSR count). The molecule has 0 bridgehead atoms. The number of imidazole rings is 1. The first-order chi connectivity index (χ1) is 8.38. The van der Waals surface area contributed by atoms with Gasteiger partial charge in [-0.15, -0.1) is 0 Å². The first-order valence-electron chi connectivity index (χ1n) is 7.08. The highest BCUT2D eigenvalue weighted by Crippen LogP contribution is 2.04. The van der Waals surface area contributed by atoms with Crippen LogP contribution < -0.4 is 5.32 Å². The molecule has 1 aromatic rings. The summed E-state index contributed by atoms with van der Waals surface area (Å²) < 4.78 is 2.19. The molecule has 0 aliphatic rings. The van der Waals surface area contributed by atoms with Crippen LogP contribution >= 0.6 is 0 Å². The van der Waals surface area contributed by atoms with E-state index in [0.29, 0.717) is 0 Å². The fourth-order valence-corrected chi connectivity index (χ4v) is 2.03. The third kappa shape index (κ3) is 5.87. The van der Waals surface area contributed by atoms with Crippen LogP contribution in [-0.2, 0) is 13.1 Å². The van der Waals surface area contributed by atoms with Gasteiger partial charge >= 0.3 is 0 Å². The summed E-state index contributed by atoms with van der Waals surface area (Å²) in [4.78, 5) is 4.16. The average Bonchev–Trinajstić information content (AvgIpc) is 2.80. The lowest BCUT2D eigenvalue weighted by Gasteiger charge is -2.07. The Morgan fingerprint density at radius 3 is 2.65 bits per heavy atom. The van der Waals surface area contributed by atoms with Crippen molar-refractivity contribution in [2.24, 2.45) is 0 Å². The highest BCUT2D eigenvalue weighted by Gasteiger charge is 1.98. The number of hydrogen-bond donors (Lipinski definition) is 1. The van der Waals surface area contributed by atoms with Gasteiger partial charge in [0.2, 0.25) is 0 Å². The van der Waals surface area contributed by atoms with Crippen LogP contribution in [0.1, 0.15) is 58.1 Å². The molecule has 0 saturated carbocycles. The standard InChI is InChI=1S/C14H27N3/c1-3-5-6-7-8-9-10-15-11-14-12-16-13-17(14)4-2/h12-13,15H,3-11H2,1-2H3.